The SMILES string of the molecule is O=C(CNC(=O)c1ccccc1)N[C@H](Cc1cc(Cl)ccc1Br)C(=O)O. The Morgan fingerprint density at radius 1 is 1.12 bits per heavy atom. The normalized spacial score (nSPS) is 11.5. The number of carboxylic acids is 1. The minimum Gasteiger partial charge on any atom is -0.480 e. The van der Waals surface area contributed by atoms with Crippen molar-refractivity contribution in [3.05, 3.63) is 69.2 Å². The first-order valence-electron chi connectivity index (χ1n) is 7.66. The van der Waals surface area contributed by atoms with E-state index in [0.29, 0.717) is 20.6 Å². The number of carbonyl (C=O) groups is 3. The van der Waals surface area contributed by atoms with Crippen LogP contribution in [0, 0.1) is 0 Å². The molecule has 0 saturated heterocycles. The molecule has 0 aliphatic carbocycles. The summed E-state index contributed by atoms with van der Waals surface area (Å²) in [5, 5.41) is 14.7. The third kappa shape index (κ3) is 5.86. The van der Waals surface area contributed by atoms with Gasteiger partial charge in [-0.1, -0.05) is 45.7 Å². The molecule has 0 radical (unpaired) electrons. The van der Waals surface area contributed by atoms with Crippen molar-refractivity contribution in [3.63, 3.8) is 0 Å². The molecule has 8 heteroatoms. The molecule has 1 atom stereocenters. The molecule has 2 aromatic rings. The second-order valence-electron chi connectivity index (χ2n) is 5.45. The van der Waals surface area contributed by atoms with E-state index in [1.807, 2.05) is 0 Å². The third-order valence-electron chi connectivity index (χ3n) is 3.51. The number of benzene rings is 2. The van der Waals surface area contributed by atoms with Gasteiger partial charge in [-0.05, 0) is 35.9 Å². The van der Waals surface area contributed by atoms with Gasteiger partial charge in [0.15, 0.2) is 0 Å². The van der Waals surface area contributed by atoms with Gasteiger partial charge in [0.25, 0.3) is 5.91 Å². The van der Waals surface area contributed by atoms with Crippen molar-refractivity contribution in [2.45, 2.75) is 12.5 Å². The number of carbonyl (C=O) groups excluding carboxylic acids is 2. The van der Waals surface area contributed by atoms with Gasteiger partial charge in [-0.2, -0.15) is 0 Å². The molecule has 6 nitrogen and oxygen atoms in total. The van der Waals surface area contributed by atoms with Crippen LogP contribution in [0.4, 0.5) is 0 Å². The van der Waals surface area contributed by atoms with Crippen LogP contribution in [0.25, 0.3) is 0 Å². The van der Waals surface area contributed by atoms with E-state index in [9.17, 15) is 19.5 Å². The quantitative estimate of drug-likeness (QED) is 0.618. The lowest BCUT2D eigenvalue weighted by molar-refractivity contribution is -0.141. The highest BCUT2D eigenvalue weighted by Gasteiger charge is 2.22. The molecule has 2 amide bonds. The van der Waals surface area contributed by atoms with Gasteiger partial charge in [0.05, 0.1) is 6.54 Å². The second kappa shape index (κ2) is 9.35. The van der Waals surface area contributed by atoms with E-state index in [0.717, 1.165) is 0 Å². The number of aliphatic carboxylic acids is 1. The molecule has 0 aliphatic rings. The Morgan fingerprint density at radius 3 is 2.46 bits per heavy atom. The maximum atomic E-state index is 12.0. The average molecular weight is 440 g/mol. The van der Waals surface area contributed by atoms with Crippen molar-refractivity contribution in [1.82, 2.24) is 10.6 Å². The van der Waals surface area contributed by atoms with Crippen LogP contribution >= 0.6 is 27.5 Å². The average Bonchev–Trinajstić information content (AvgIpc) is 2.62. The van der Waals surface area contributed by atoms with Gasteiger partial charge < -0.3 is 15.7 Å². The number of rotatable bonds is 7. The van der Waals surface area contributed by atoms with Crippen LogP contribution in [-0.4, -0.2) is 35.5 Å². The Morgan fingerprint density at radius 2 is 1.81 bits per heavy atom. The Kier molecular flexibility index (Phi) is 7.17. The highest BCUT2D eigenvalue weighted by atomic mass is 79.9. The summed E-state index contributed by atoms with van der Waals surface area (Å²) in [4.78, 5) is 35.4. The summed E-state index contributed by atoms with van der Waals surface area (Å²) in [7, 11) is 0. The Labute approximate surface area is 163 Å². The van der Waals surface area contributed by atoms with Gasteiger partial charge in [0, 0.05) is 21.5 Å². The molecule has 136 valence electrons. The predicted octanol–water partition coefficient (Wildman–Crippen LogP) is 2.64. The highest BCUT2D eigenvalue weighted by molar-refractivity contribution is 9.10. The van der Waals surface area contributed by atoms with Crippen molar-refractivity contribution in [3.8, 4) is 0 Å². The summed E-state index contributed by atoms with van der Waals surface area (Å²) in [6.45, 7) is -0.325. The molecule has 3 N–H and O–H groups in total. The maximum absolute atomic E-state index is 12.0. The van der Waals surface area contributed by atoms with Gasteiger partial charge in [-0.15, -0.1) is 0 Å². The van der Waals surface area contributed by atoms with Crippen LogP contribution in [0.5, 0.6) is 0 Å². The van der Waals surface area contributed by atoms with Crippen LogP contribution in [0.15, 0.2) is 53.0 Å². The number of amides is 2. The van der Waals surface area contributed by atoms with E-state index < -0.39 is 23.8 Å². The van der Waals surface area contributed by atoms with Crippen LogP contribution in [-0.2, 0) is 16.0 Å². The summed E-state index contributed by atoms with van der Waals surface area (Å²) in [5.74, 6) is -2.19. The van der Waals surface area contributed by atoms with Gasteiger partial charge in [0.1, 0.15) is 6.04 Å². The van der Waals surface area contributed by atoms with Gasteiger partial charge in [-0.3, -0.25) is 9.59 Å². The molecule has 0 saturated carbocycles. The zero-order chi connectivity index (χ0) is 19.1. The third-order valence-corrected chi connectivity index (χ3v) is 4.52. The summed E-state index contributed by atoms with van der Waals surface area (Å²) in [5.41, 5.74) is 1.07. The summed E-state index contributed by atoms with van der Waals surface area (Å²) >= 11 is 9.25. The fourth-order valence-corrected chi connectivity index (χ4v) is 2.82. The fraction of sp³-hybridized carbons (Fsp3) is 0.167. The number of nitrogens with one attached hydrogen (secondary N) is 2. The summed E-state index contributed by atoms with van der Waals surface area (Å²) in [6.07, 6.45) is 0.0504. The zero-order valence-corrected chi connectivity index (χ0v) is 15.9. The first-order valence-corrected chi connectivity index (χ1v) is 8.83. The Balaban J connectivity index is 1.94. The molecule has 2 aromatic carbocycles. The zero-order valence-electron chi connectivity index (χ0n) is 13.5. The second-order valence-corrected chi connectivity index (χ2v) is 6.74. The highest BCUT2D eigenvalue weighted by Crippen LogP contribution is 2.22. The molecule has 26 heavy (non-hydrogen) atoms. The molecule has 0 aromatic heterocycles. The monoisotopic (exact) mass is 438 g/mol. The van der Waals surface area contributed by atoms with Crippen LogP contribution in [0.3, 0.4) is 0 Å². The minimum absolute atomic E-state index is 0.0504. The van der Waals surface area contributed by atoms with Crippen molar-refractivity contribution in [1.29, 1.82) is 0 Å². The van der Waals surface area contributed by atoms with Crippen LogP contribution in [0.2, 0.25) is 5.02 Å². The van der Waals surface area contributed by atoms with E-state index in [4.69, 9.17) is 11.6 Å². The lowest BCUT2D eigenvalue weighted by Crippen LogP contribution is -2.46. The van der Waals surface area contributed by atoms with E-state index in [2.05, 4.69) is 26.6 Å². The van der Waals surface area contributed by atoms with Crippen molar-refractivity contribution in [2.75, 3.05) is 6.54 Å². The molecular formula is C18H16BrClN2O4. The minimum atomic E-state index is -1.18. The van der Waals surface area contributed by atoms with Crippen molar-refractivity contribution < 1.29 is 19.5 Å². The number of hydrogen-bond donors (Lipinski definition) is 3. The number of hydrogen-bond acceptors (Lipinski definition) is 3. The van der Waals surface area contributed by atoms with E-state index in [-0.39, 0.29) is 13.0 Å². The van der Waals surface area contributed by atoms with Crippen molar-refractivity contribution in [2.24, 2.45) is 0 Å². The van der Waals surface area contributed by atoms with Crippen LogP contribution < -0.4 is 10.6 Å². The largest absolute Gasteiger partial charge is 0.480 e. The Hall–Kier alpha value is -2.38. The molecule has 0 aliphatic heterocycles. The molecule has 2 rings (SSSR count). The topological polar surface area (TPSA) is 95.5 Å². The summed E-state index contributed by atoms with van der Waals surface area (Å²) < 4.78 is 0.694. The van der Waals surface area contributed by atoms with E-state index >= 15 is 0 Å². The molecule has 0 heterocycles. The molecule has 0 spiro atoms. The predicted molar refractivity (Wildman–Crippen MR) is 101 cm³/mol. The van der Waals surface area contributed by atoms with E-state index in [1.54, 1.807) is 48.5 Å². The number of carboxylic acid groups (broad SMARTS) is 1. The molecule has 0 unspecified atom stereocenters. The molecule has 0 bridgehead atoms. The maximum Gasteiger partial charge on any atom is 0.326 e. The summed E-state index contributed by atoms with van der Waals surface area (Å²) in [6, 6.07) is 12.3. The Bertz CT molecular complexity index is 814. The first kappa shape index (κ1) is 19.9. The lowest BCUT2D eigenvalue weighted by atomic mass is 10.1. The van der Waals surface area contributed by atoms with Gasteiger partial charge >= 0.3 is 5.97 Å². The first-order chi connectivity index (χ1) is 12.4. The van der Waals surface area contributed by atoms with Gasteiger partial charge in [-0.25, -0.2) is 4.79 Å². The standard InChI is InChI=1S/C18H16BrClN2O4/c19-14-7-6-13(20)8-12(14)9-15(18(25)26)22-16(23)10-21-17(24)11-4-2-1-3-5-11/h1-8,15H,9-10H2,(H,21,24)(H,22,23)(H,25,26)/t15-/m1/s1. The smallest absolute Gasteiger partial charge is 0.326 e. The fourth-order valence-electron chi connectivity index (χ4n) is 2.22. The van der Waals surface area contributed by atoms with Gasteiger partial charge in [0.2, 0.25) is 5.91 Å². The molecule has 0 fully saturated rings. The molecular weight excluding hydrogens is 424 g/mol. The lowest BCUT2D eigenvalue weighted by Gasteiger charge is -2.16. The van der Waals surface area contributed by atoms with Crippen LogP contribution in [0.1, 0.15) is 15.9 Å². The van der Waals surface area contributed by atoms with Crippen molar-refractivity contribution >= 4 is 45.3 Å². The number of halogens is 2. The van der Waals surface area contributed by atoms with E-state index in [1.165, 1.54) is 0 Å².